The van der Waals surface area contributed by atoms with E-state index in [1.165, 1.54) is 17.7 Å². The standard InChI is InChI=1S/C14H22N4O3/c1-15(2)13(20)11-6-5-7-18(11)9-10-8-12(19)17(4)14(21)16(10)3/h8,11H,5-7,9H2,1-4H3/t11-/m0/s1. The van der Waals surface area contributed by atoms with Gasteiger partial charge in [-0.2, -0.15) is 0 Å². The van der Waals surface area contributed by atoms with Crippen molar-refractivity contribution >= 4 is 5.91 Å². The molecule has 7 nitrogen and oxygen atoms in total. The molecule has 1 fully saturated rings. The van der Waals surface area contributed by atoms with E-state index in [1.54, 1.807) is 26.0 Å². The van der Waals surface area contributed by atoms with Gasteiger partial charge >= 0.3 is 5.69 Å². The van der Waals surface area contributed by atoms with Crippen LogP contribution >= 0.6 is 0 Å². The van der Waals surface area contributed by atoms with Crippen molar-refractivity contribution < 1.29 is 4.79 Å². The maximum atomic E-state index is 12.2. The zero-order chi connectivity index (χ0) is 15.7. The highest BCUT2D eigenvalue weighted by molar-refractivity contribution is 5.81. The first-order valence-corrected chi connectivity index (χ1v) is 7.04. The van der Waals surface area contributed by atoms with Crippen LogP contribution in [0.25, 0.3) is 0 Å². The smallest absolute Gasteiger partial charge is 0.330 e. The second-order valence-corrected chi connectivity index (χ2v) is 5.74. The molecule has 0 bridgehead atoms. The highest BCUT2D eigenvalue weighted by Gasteiger charge is 2.32. The number of likely N-dealkylation sites (N-methyl/N-ethyl adjacent to an activating group) is 1. The molecule has 21 heavy (non-hydrogen) atoms. The predicted octanol–water partition coefficient (Wildman–Crippen LogP) is -0.863. The van der Waals surface area contributed by atoms with E-state index in [0.29, 0.717) is 12.2 Å². The lowest BCUT2D eigenvalue weighted by atomic mass is 10.2. The molecule has 0 spiro atoms. The largest absolute Gasteiger partial charge is 0.347 e. The minimum Gasteiger partial charge on any atom is -0.347 e. The summed E-state index contributed by atoms with van der Waals surface area (Å²) in [6.45, 7) is 1.24. The Morgan fingerprint density at radius 3 is 2.57 bits per heavy atom. The van der Waals surface area contributed by atoms with Crippen LogP contribution < -0.4 is 11.2 Å². The number of amides is 1. The second-order valence-electron chi connectivity index (χ2n) is 5.74. The van der Waals surface area contributed by atoms with Gasteiger partial charge in [-0.15, -0.1) is 0 Å². The van der Waals surface area contributed by atoms with Crippen molar-refractivity contribution in [2.24, 2.45) is 14.1 Å². The van der Waals surface area contributed by atoms with Crippen LogP contribution in [0.3, 0.4) is 0 Å². The lowest BCUT2D eigenvalue weighted by Crippen LogP contribution is -2.44. The fourth-order valence-corrected chi connectivity index (χ4v) is 2.73. The Labute approximate surface area is 123 Å². The third-order valence-corrected chi connectivity index (χ3v) is 4.08. The Balaban J connectivity index is 2.28. The summed E-state index contributed by atoms with van der Waals surface area (Å²) in [5.74, 6) is 0.0707. The lowest BCUT2D eigenvalue weighted by Gasteiger charge is -2.26. The summed E-state index contributed by atoms with van der Waals surface area (Å²) >= 11 is 0. The van der Waals surface area contributed by atoms with Gasteiger partial charge in [0.2, 0.25) is 5.91 Å². The van der Waals surface area contributed by atoms with E-state index < -0.39 is 0 Å². The summed E-state index contributed by atoms with van der Waals surface area (Å²) in [4.78, 5) is 39.5. The fraction of sp³-hybridized carbons (Fsp3) is 0.643. The summed E-state index contributed by atoms with van der Waals surface area (Å²) in [5.41, 5.74) is -0.0171. The molecular formula is C14H22N4O3. The van der Waals surface area contributed by atoms with Crippen molar-refractivity contribution in [1.29, 1.82) is 0 Å². The average Bonchev–Trinajstić information content (AvgIpc) is 2.89. The lowest BCUT2D eigenvalue weighted by molar-refractivity contribution is -0.133. The van der Waals surface area contributed by atoms with Crippen LogP contribution in [0.2, 0.25) is 0 Å². The molecule has 1 aliphatic heterocycles. The van der Waals surface area contributed by atoms with Crippen LogP contribution in [-0.4, -0.2) is 51.5 Å². The first kappa shape index (κ1) is 15.5. The summed E-state index contributed by atoms with van der Waals surface area (Å²) in [7, 11) is 6.60. The van der Waals surface area contributed by atoms with Gasteiger partial charge in [-0.3, -0.25) is 23.6 Å². The average molecular weight is 294 g/mol. The van der Waals surface area contributed by atoms with Gasteiger partial charge in [-0.1, -0.05) is 0 Å². The fourth-order valence-electron chi connectivity index (χ4n) is 2.73. The molecule has 1 aromatic heterocycles. The zero-order valence-corrected chi connectivity index (χ0v) is 13.0. The van der Waals surface area contributed by atoms with Crippen LogP contribution in [0, 0.1) is 0 Å². The molecule has 1 aromatic rings. The maximum Gasteiger partial charge on any atom is 0.330 e. The number of nitrogens with zero attached hydrogens (tertiary/aromatic N) is 4. The highest BCUT2D eigenvalue weighted by Crippen LogP contribution is 2.20. The molecular weight excluding hydrogens is 272 g/mol. The first-order valence-electron chi connectivity index (χ1n) is 7.04. The van der Waals surface area contributed by atoms with Crippen LogP contribution in [-0.2, 0) is 25.4 Å². The number of aromatic nitrogens is 2. The summed E-state index contributed by atoms with van der Waals surface area (Å²) in [5, 5.41) is 0. The third kappa shape index (κ3) is 2.92. The molecule has 1 atom stereocenters. The first-order chi connectivity index (χ1) is 9.82. The van der Waals surface area contributed by atoms with Gasteiger partial charge < -0.3 is 4.90 Å². The maximum absolute atomic E-state index is 12.2. The van der Waals surface area contributed by atoms with E-state index in [2.05, 4.69) is 0 Å². The van der Waals surface area contributed by atoms with E-state index >= 15 is 0 Å². The quantitative estimate of drug-likeness (QED) is 0.727. The Kier molecular flexibility index (Phi) is 4.32. The van der Waals surface area contributed by atoms with Crippen LogP contribution in [0.15, 0.2) is 15.7 Å². The molecule has 0 aromatic carbocycles. The zero-order valence-electron chi connectivity index (χ0n) is 13.0. The molecule has 0 N–H and O–H groups in total. The number of carbonyl (C=O) groups excluding carboxylic acids is 1. The van der Waals surface area contributed by atoms with Crippen molar-refractivity contribution in [2.75, 3.05) is 20.6 Å². The van der Waals surface area contributed by atoms with Crippen molar-refractivity contribution in [1.82, 2.24) is 18.9 Å². The molecule has 0 radical (unpaired) electrons. The molecule has 7 heteroatoms. The van der Waals surface area contributed by atoms with Gasteiger partial charge in [0, 0.05) is 46.5 Å². The molecule has 1 amide bonds. The molecule has 0 aliphatic carbocycles. The van der Waals surface area contributed by atoms with Gasteiger partial charge in [0.05, 0.1) is 6.04 Å². The number of carbonyl (C=O) groups is 1. The van der Waals surface area contributed by atoms with Crippen molar-refractivity contribution in [2.45, 2.75) is 25.4 Å². The van der Waals surface area contributed by atoms with Crippen LogP contribution in [0.5, 0.6) is 0 Å². The number of hydrogen-bond donors (Lipinski definition) is 0. The Morgan fingerprint density at radius 2 is 1.95 bits per heavy atom. The molecule has 1 aliphatic rings. The SMILES string of the molecule is CN(C)C(=O)[C@@H]1CCCN1Cc1cc(=O)n(C)c(=O)n1C. The number of likely N-dealkylation sites (tertiary alicyclic amines) is 1. The van der Waals surface area contributed by atoms with Crippen molar-refractivity contribution in [3.8, 4) is 0 Å². The number of hydrogen-bond acceptors (Lipinski definition) is 4. The van der Waals surface area contributed by atoms with E-state index in [4.69, 9.17) is 0 Å². The Morgan fingerprint density at radius 1 is 1.29 bits per heavy atom. The number of rotatable bonds is 3. The van der Waals surface area contributed by atoms with E-state index in [-0.39, 0.29) is 23.2 Å². The van der Waals surface area contributed by atoms with Gasteiger partial charge in [-0.05, 0) is 19.4 Å². The van der Waals surface area contributed by atoms with Crippen LogP contribution in [0.1, 0.15) is 18.5 Å². The predicted molar refractivity (Wildman–Crippen MR) is 79.1 cm³/mol. The summed E-state index contributed by atoms with van der Waals surface area (Å²) in [6.07, 6.45) is 1.76. The monoisotopic (exact) mass is 294 g/mol. The van der Waals surface area contributed by atoms with E-state index in [0.717, 1.165) is 24.0 Å². The Hall–Kier alpha value is -1.89. The van der Waals surface area contributed by atoms with E-state index in [9.17, 15) is 14.4 Å². The van der Waals surface area contributed by atoms with Crippen molar-refractivity contribution in [3.63, 3.8) is 0 Å². The summed E-state index contributed by atoms with van der Waals surface area (Å²) in [6, 6.07) is 1.30. The molecule has 2 rings (SSSR count). The minimum atomic E-state index is -0.341. The van der Waals surface area contributed by atoms with Gasteiger partial charge in [0.15, 0.2) is 0 Å². The summed E-state index contributed by atoms with van der Waals surface area (Å²) < 4.78 is 2.55. The van der Waals surface area contributed by atoms with Crippen LogP contribution in [0.4, 0.5) is 0 Å². The third-order valence-electron chi connectivity index (χ3n) is 4.08. The highest BCUT2D eigenvalue weighted by atomic mass is 16.2. The van der Waals surface area contributed by atoms with E-state index in [1.807, 2.05) is 4.90 Å². The van der Waals surface area contributed by atoms with Gasteiger partial charge in [-0.25, -0.2) is 4.79 Å². The minimum absolute atomic E-state index is 0.0707. The normalized spacial score (nSPS) is 19.0. The van der Waals surface area contributed by atoms with Gasteiger partial charge in [0.25, 0.3) is 5.56 Å². The molecule has 2 heterocycles. The second kappa shape index (κ2) is 5.85. The van der Waals surface area contributed by atoms with Gasteiger partial charge in [0.1, 0.15) is 0 Å². The molecule has 0 unspecified atom stereocenters. The molecule has 0 saturated carbocycles. The molecule has 1 saturated heterocycles. The van der Waals surface area contributed by atoms with Crippen molar-refractivity contribution in [3.05, 3.63) is 32.6 Å². The Bertz CT molecular complexity index is 659. The molecule has 116 valence electrons. The topological polar surface area (TPSA) is 67.6 Å².